The molecule has 0 atom stereocenters. The van der Waals surface area contributed by atoms with Crippen LogP contribution in [0, 0.1) is 0 Å². The van der Waals surface area contributed by atoms with Crippen LogP contribution in [0.4, 0.5) is 5.69 Å². The summed E-state index contributed by atoms with van der Waals surface area (Å²) in [5.41, 5.74) is 0.0163. The maximum absolute atomic E-state index is 13.1. The fourth-order valence-electron chi connectivity index (χ4n) is 3.06. The second kappa shape index (κ2) is 9.28. The molecular weight excluding hydrogens is 458 g/mol. The number of benzene rings is 2. The predicted octanol–water partition coefficient (Wildman–Crippen LogP) is 3.51. The lowest BCUT2D eigenvalue weighted by Crippen LogP contribution is -2.28. The molecule has 0 bridgehead atoms. The van der Waals surface area contributed by atoms with Crippen LogP contribution in [0.25, 0.3) is 6.08 Å². The SMILES string of the molecule is COc1ccc(/C=C2\SC(=S)N(c3cc(C(=O)O)cc(C(=O)O)c3)C2=O)c(OC)c1OC. The first-order valence-electron chi connectivity index (χ1n) is 8.90. The Morgan fingerprint density at radius 1 is 0.969 bits per heavy atom. The molecule has 0 radical (unpaired) electrons. The van der Waals surface area contributed by atoms with Crippen LogP contribution < -0.4 is 19.1 Å². The Kier molecular flexibility index (Phi) is 6.70. The minimum Gasteiger partial charge on any atom is -0.493 e. The summed E-state index contributed by atoms with van der Waals surface area (Å²) in [6.07, 6.45) is 1.55. The van der Waals surface area contributed by atoms with Crippen molar-refractivity contribution in [3.63, 3.8) is 0 Å². The lowest BCUT2D eigenvalue weighted by molar-refractivity contribution is -0.113. The van der Waals surface area contributed by atoms with E-state index in [0.29, 0.717) is 22.8 Å². The molecule has 9 nitrogen and oxygen atoms in total. The van der Waals surface area contributed by atoms with Gasteiger partial charge in [-0.1, -0.05) is 24.0 Å². The number of carbonyl (C=O) groups is 3. The standard InChI is InChI=1S/C21H17NO8S2/c1-28-14-5-4-10(16(29-2)17(14)30-3)9-15-18(23)22(21(31)32-15)13-7-11(19(24)25)6-12(8-13)20(26)27/h4-9H,1-3H3,(H,24,25)(H,26,27)/b15-9-. The second-order valence-corrected chi connectivity index (χ2v) is 8.00. The fraction of sp³-hybridized carbons (Fsp3) is 0.143. The number of carboxylic acids is 2. The van der Waals surface area contributed by atoms with Crippen LogP contribution in [-0.2, 0) is 4.79 Å². The predicted molar refractivity (Wildman–Crippen MR) is 122 cm³/mol. The summed E-state index contributed by atoms with van der Waals surface area (Å²) < 4.78 is 16.2. The third kappa shape index (κ3) is 4.25. The summed E-state index contributed by atoms with van der Waals surface area (Å²) in [6, 6.07) is 6.73. The molecule has 0 aliphatic carbocycles. The highest BCUT2D eigenvalue weighted by Gasteiger charge is 2.34. The highest BCUT2D eigenvalue weighted by Crippen LogP contribution is 2.43. The Labute approximate surface area is 192 Å². The number of thioether (sulfide) groups is 1. The monoisotopic (exact) mass is 475 g/mol. The van der Waals surface area contributed by atoms with E-state index in [4.69, 9.17) is 26.4 Å². The van der Waals surface area contributed by atoms with E-state index in [-0.39, 0.29) is 26.0 Å². The maximum Gasteiger partial charge on any atom is 0.335 e. The van der Waals surface area contributed by atoms with E-state index in [0.717, 1.165) is 22.7 Å². The molecule has 2 aromatic rings. The normalized spacial score (nSPS) is 14.6. The van der Waals surface area contributed by atoms with Crippen LogP contribution >= 0.6 is 24.0 Å². The molecule has 2 N–H and O–H groups in total. The molecule has 32 heavy (non-hydrogen) atoms. The van der Waals surface area contributed by atoms with Crippen LogP contribution in [0.15, 0.2) is 35.2 Å². The third-order valence-corrected chi connectivity index (χ3v) is 5.79. The third-order valence-electron chi connectivity index (χ3n) is 4.48. The lowest BCUT2D eigenvalue weighted by Gasteiger charge is -2.16. The zero-order chi connectivity index (χ0) is 23.6. The molecule has 0 aromatic heterocycles. The van der Waals surface area contributed by atoms with Crippen molar-refractivity contribution < 1.29 is 38.8 Å². The van der Waals surface area contributed by atoms with Crippen LogP contribution in [0.5, 0.6) is 17.2 Å². The molecule has 0 unspecified atom stereocenters. The number of aromatic carboxylic acids is 2. The molecular formula is C21H17NO8S2. The van der Waals surface area contributed by atoms with E-state index in [2.05, 4.69) is 0 Å². The number of carboxylic acid groups (broad SMARTS) is 2. The van der Waals surface area contributed by atoms with Gasteiger partial charge in [-0.3, -0.25) is 9.69 Å². The molecule has 1 heterocycles. The van der Waals surface area contributed by atoms with Gasteiger partial charge in [-0.05, 0) is 36.4 Å². The van der Waals surface area contributed by atoms with E-state index in [9.17, 15) is 24.6 Å². The second-order valence-electron chi connectivity index (χ2n) is 6.32. The van der Waals surface area contributed by atoms with Crippen LogP contribution in [0.3, 0.4) is 0 Å². The van der Waals surface area contributed by atoms with Crippen molar-refractivity contribution in [2.45, 2.75) is 0 Å². The molecule has 3 rings (SSSR count). The van der Waals surface area contributed by atoms with Gasteiger partial charge in [0.15, 0.2) is 15.8 Å². The zero-order valence-electron chi connectivity index (χ0n) is 17.1. The van der Waals surface area contributed by atoms with Crippen molar-refractivity contribution in [2.24, 2.45) is 0 Å². The summed E-state index contributed by atoms with van der Waals surface area (Å²) in [4.78, 5) is 37.3. The first-order chi connectivity index (χ1) is 15.2. The number of hydrogen-bond acceptors (Lipinski definition) is 8. The van der Waals surface area contributed by atoms with Gasteiger partial charge in [0.05, 0.1) is 43.0 Å². The van der Waals surface area contributed by atoms with Crippen molar-refractivity contribution in [3.8, 4) is 17.2 Å². The zero-order valence-corrected chi connectivity index (χ0v) is 18.7. The van der Waals surface area contributed by atoms with Gasteiger partial charge in [0.25, 0.3) is 5.91 Å². The van der Waals surface area contributed by atoms with Gasteiger partial charge >= 0.3 is 11.9 Å². The minimum absolute atomic E-state index is 0.0486. The average molecular weight is 476 g/mol. The maximum atomic E-state index is 13.1. The van der Waals surface area contributed by atoms with Crippen molar-refractivity contribution in [2.75, 3.05) is 26.2 Å². The summed E-state index contributed by atoms with van der Waals surface area (Å²) in [5, 5.41) is 18.6. The number of thiocarbonyl (C=S) groups is 1. The highest BCUT2D eigenvalue weighted by molar-refractivity contribution is 8.27. The fourth-order valence-corrected chi connectivity index (χ4v) is 4.35. The molecule has 1 amide bonds. The van der Waals surface area contributed by atoms with Crippen LogP contribution in [-0.4, -0.2) is 53.7 Å². The summed E-state index contributed by atoms with van der Waals surface area (Å²) >= 11 is 6.31. The lowest BCUT2D eigenvalue weighted by atomic mass is 10.1. The van der Waals surface area contributed by atoms with Gasteiger partial charge in [0, 0.05) is 5.56 Å². The Hall–Kier alpha value is -3.57. The van der Waals surface area contributed by atoms with Crippen molar-refractivity contribution in [3.05, 3.63) is 51.9 Å². The number of methoxy groups -OCH3 is 3. The summed E-state index contributed by atoms with van der Waals surface area (Å²) in [6.45, 7) is 0. The first-order valence-corrected chi connectivity index (χ1v) is 10.1. The Bertz CT molecular complexity index is 1140. The highest BCUT2D eigenvalue weighted by atomic mass is 32.2. The average Bonchev–Trinajstić information content (AvgIpc) is 3.05. The van der Waals surface area contributed by atoms with Gasteiger partial charge in [-0.2, -0.15) is 0 Å². The van der Waals surface area contributed by atoms with Crippen molar-refractivity contribution in [1.29, 1.82) is 0 Å². The quantitative estimate of drug-likeness (QED) is 0.454. The number of nitrogens with zero attached hydrogens (tertiary/aromatic N) is 1. The van der Waals surface area contributed by atoms with Gasteiger partial charge in [0.2, 0.25) is 5.75 Å². The molecule has 11 heteroatoms. The Morgan fingerprint density at radius 2 is 1.56 bits per heavy atom. The molecule has 1 fully saturated rings. The smallest absolute Gasteiger partial charge is 0.335 e. The van der Waals surface area contributed by atoms with Gasteiger partial charge in [-0.15, -0.1) is 0 Å². The van der Waals surface area contributed by atoms with Gasteiger partial charge < -0.3 is 24.4 Å². The van der Waals surface area contributed by atoms with E-state index in [1.54, 1.807) is 18.2 Å². The van der Waals surface area contributed by atoms with Gasteiger partial charge in [-0.25, -0.2) is 9.59 Å². The molecule has 166 valence electrons. The number of ether oxygens (including phenoxy) is 3. The van der Waals surface area contributed by atoms with E-state index >= 15 is 0 Å². The molecule has 1 saturated heterocycles. The van der Waals surface area contributed by atoms with Crippen LogP contribution in [0.2, 0.25) is 0 Å². The number of hydrogen-bond donors (Lipinski definition) is 2. The van der Waals surface area contributed by atoms with Crippen molar-refractivity contribution in [1.82, 2.24) is 0 Å². The Balaban J connectivity index is 2.07. The summed E-state index contributed by atoms with van der Waals surface area (Å²) in [5.74, 6) is -2.05. The molecule has 1 aliphatic heterocycles. The molecule has 1 aliphatic rings. The topological polar surface area (TPSA) is 123 Å². The number of rotatable bonds is 7. The molecule has 2 aromatic carbocycles. The Morgan fingerprint density at radius 3 is 2.06 bits per heavy atom. The van der Waals surface area contributed by atoms with Crippen LogP contribution in [0.1, 0.15) is 26.3 Å². The number of anilines is 1. The molecule has 0 saturated carbocycles. The largest absolute Gasteiger partial charge is 0.493 e. The van der Waals surface area contributed by atoms with Crippen molar-refractivity contribution >= 4 is 57.9 Å². The number of amides is 1. The summed E-state index contributed by atoms with van der Waals surface area (Å²) in [7, 11) is 4.39. The van der Waals surface area contributed by atoms with Gasteiger partial charge in [0.1, 0.15) is 0 Å². The molecule has 0 spiro atoms. The van der Waals surface area contributed by atoms with E-state index in [1.165, 1.54) is 33.5 Å². The van der Waals surface area contributed by atoms with E-state index in [1.807, 2.05) is 0 Å². The first kappa shape index (κ1) is 23.1. The van der Waals surface area contributed by atoms with E-state index < -0.39 is 17.8 Å². The number of carbonyl (C=O) groups excluding carboxylic acids is 1. The minimum atomic E-state index is -1.33.